The molecule has 32 heavy (non-hydrogen) atoms. The number of H-pyrrole nitrogens is 1. The molecule has 4 rings (SSSR count). The molecule has 1 aromatic carbocycles. The largest absolute Gasteiger partial charge is 0.462 e. The first-order valence-corrected chi connectivity index (χ1v) is 12.4. The van der Waals surface area contributed by atoms with Gasteiger partial charge in [-0.3, -0.25) is 10.00 Å². The molecule has 1 fully saturated rings. The number of nitrogens with zero attached hydrogens (tertiary/aromatic N) is 4. The minimum Gasteiger partial charge on any atom is -0.462 e. The highest BCUT2D eigenvalue weighted by Gasteiger charge is 2.27. The zero-order valence-corrected chi connectivity index (χ0v) is 19.8. The lowest BCUT2D eigenvalue weighted by atomic mass is 10.2. The predicted octanol–water partition coefficient (Wildman–Crippen LogP) is 3.68. The Balaban J connectivity index is 1.40. The van der Waals surface area contributed by atoms with Crippen LogP contribution in [0, 0.1) is 18.6 Å². The smallest absolute Gasteiger partial charge is 0.243 e. The summed E-state index contributed by atoms with van der Waals surface area (Å²) >= 11 is 5.40. The lowest BCUT2D eigenvalue weighted by Gasteiger charge is -2.22. The highest BCUT2D eigenvalue weighted by Crippen LogP contribution is 2.18. The van der Waals surface area contributed by atoms with Crippen molar-refractivity contribution in [3.8, 4) is 0 Å². The van der Waals surface area contributed by atoms with Crippen molar-refractivity contribution in [1.29, 1.82) is 0 Å². The third-order valence-electron chi connectivity index (χ3n) is 5.41. The maximum absolute atomic E-state index is 13.0. The second-order valence-electron chi connectivity index (χ2n) is 7.93. The van der Waals surface area contributed by atoms with Gasteiger partial charge in [0, 0.05) is 26.2 Å². The first-order valence-electron chi connectivity index (χ1n) is 10.5. The molecule has 3 heterocycles. The maximum atomic E-state index is 13.0. The van der Waals surface area contributed by atoms with E-state index in [-0.39, 0.29) is 0 Å². The van der Waals surface area contributed by atoms with E-state index in [9.17, 15) is 8.42 Å². The minimum atomic E-state index is -3.49. The fourth-order valence-electron chi connectivity index (χ4n) is 3.64. The Hall–Kier alpha value is -2.53. The molecule has 0 unspecified atom stereocenters. The molecular formula is C22H27N5O3S2. The van der Waals surface area contributed by atoms with Gasteiger partial charge < -0.3 is 4.42 Å². The van der Waals surface area contributed by atoms with Gasteiger partial charge in [-0.1, -0.05) is 17.7 Å². The van der Waals surface area contributed by atoms with Crippen molar-refractivity contribution in [2.45, 2.75) is 31.8 Å². The second-order valence-corrected chi connectivity index (χ2v) is 10.2. The summed E-state index contributed by atoms with van der Waals surface area (Å²) in [7, 11) is -3.49. The van der Waals surface area contributed by atoms with E-state index in [0.717, 1.165) is 30.0 Å². The van der Waals surface area contributed by atoms with Crippen LogP contribution in [0.5, 0.6) is 0 Å². The fraction of sp³-hybridized carbons (Fsp3) is 0.364. The molecule has 10 heteroatoms. The van der Waals surface area contributed by atoms with Crippen molar-refractivity contribution >= 4 is 34.4 Å². The fourth-order valence-corrected chi connectivity index (χ4v) is 5.31. The first kappa shape index (κ1) is 22.7. The highest BCUT2D eigenvalue weighted by molar-refractivity contribution is 7.89. The molecule has 170 valence electrons. The van der Waals surface area contributed by atoms with Gasteiger partial charge in [-0.05, 0) is 68.9 Å². The van der Waals surface area contributed by atoms with Gasteiger partial charge in [-0.15, -0.1) is 0 Å². The number of aryl methyl sites for hydroxylation is 2. The summed E-state index contributed by atoms with van der Waals surface area (Å²) < 4.78 is 35.4. The summed E-state index contributed by atoms with van der Waals surface area (Å²) in [6, 6.07) is 10.8. The Kier molecular flexibility index (Phi) is 6.75. The summed E-state index contributed by atoms with van der Waals surface area (Å²) in [6.45, 7) is 6.69. The highest BCUT2D eigenvalue weighted by atomic mass is 32.2. The van der Waals surface area contributed by atoms with E-state index in [0.29, 0.717) is 41.8 Å². The third-order valence-corrected chi connectivity index (χ3v) is 7.64. The molecule has 1 N–H and O–H groups in total. The number of aromatic amines is 1. The van der Waals surface area contributed by atoms with Crippen LogP contribution in [0.15, 0.2) is 45.7 Å². The van der Waals surface area contributed by atoms with Gasteiger partial charge in [0.1, 0.15) is 17.3 Å². The number of rotatable bonds is 6. The van der Waals surface area contributed by atoms with Crippen molar-refractivity contribution in [1.82, 2.24) is 24.0 Å². The van der Waals surface area contributed by atoms with Gasteiger partial charge in [-0.2, -0.15) is 9.29 Å². The van der Waals surface area contributed by atoms with Gasteiger partial charge in [0.15, 0.2) is 0 Å². The van der Waals surface area contributed by atoms with Crippen molar-refractivity contribution in [2.24, 2.45) is 0 Å². The van der Waals surface area contributed by atoms with E-state index in [1.54, 1.807) is 21.1 Å². The van der Waals surface area contributed by atoms with Gasteiger partial charge >= 0.3 is 0 Å². The van der Waals surface area contributed by atoms with Crippen LogP contribution in [0.1, 0.15) is 29.3 Å². The average molecular weight is 474 g/mol. The number of hydrogen-bond donors (Lipinski definition) is 1. The van der Waals surface area contributed by atoms with Crippen LogP contribution in [0.2, 0.25) is 0 Å². The molecule has 0 radical (unpaired) electrons. The number of sulfonamides is 1. The molecule has 0 bridgehead atoms. The summed E-state index contributed by atoms with van der Waals surface area (Å²) in [5.74, 6) is 2.24. The lowest BCUT2D eigenvalue weighted by molar-refractivity contribution is 0.216. The van der Waals surface area contributed by atoms with Crippen LogP contribution in [-0.2, 0) is 16.7 Å². The molecule has 1 saturated heterocycles. The SMILES string of the molecule is Cc1ccc(S(=O)(=O)N2CCCN(Cn3[nH]c(C=Cc4ccc(C)o4)nc3=S)CC2)cc1. The predicted molar refractivity (Wildman–Crippen MR) is 126 cm³/mol. The van der Waals surface area contributed by atoms with Crippen LogP contribution < -0.4 is 0 Å². The first-order chi connectivity index (χ1) is 15.3. The Bertz CT molecular complexity index is 1260. The Morgan fingerprint density at radius 1 is 1.06 bits per heavy atom. The van der Waals surface area contributed by atoms with Crippen molar-refractivity contribution in [3.05, 3.63) is 64.1 Å². The summed E-state index contributed by atoms with van der Waals surface area (Å²) in [5.41, 5.74) is 1.04. The second kappa shape index (κ2) is 9.53. The zero-order valence-electron chi connectivity index (χ0n) is 18.2. The zero-order chi connectivity index (χ0) is 22.7. The van der Waals surface area contributed by atoms with E-state index < -0.39 is 10.0 Å². The van der Waals surface area contributed by atoms with E-state index in [4.69, 9.17) is 16.6 Å². The maximum Gasteiger partial charge on any atom is 0.243 e. The minimum absolute atomic E-state index is 0.343. The molecule has 0 saturated carbocycles. The van der Waals surface area contributed by atoms with Crippen molar-refractivity contribution < 1.29 is 12.8 Å². The van der Waals surface area contributed by atoms with Gasteiger partial charge in [0.25, 0.3) is 0 Å². The van der Waals surface area contributed by atoms with Gasteiger partial charge in [-0.25, -0.2) is 13.1 Å². The molecule has 3 aromatic rings. The lowest BCUT2D eigenvalue weighted by Crippen LogP contribution is -2.35. The van der Waals surface area contributed by atoms with Crippen LogP contribution in [-0.4, -0.2) is 58.6 Å². The average Bonchev–Trinajstić information content (AvgIpc) is 3.23. The summed E-state index contributed by atoms with van der Waals surface area (Å²) in [6.07, 6.45) is 4.41. The summed E-state index contributed by atoms with van der Waals surface area (Å²) in [5, 5.41) is 3.20. The van der Waals surface area contributed by atoms with Crippen LogP contribution >= 0.6 is 12.2 Å². The summed E-state index contributed by atoms with van der Waals surface area (Å²) in [4.78, 5) is 6.91. The quantitative estimate of drug-likeness (QED) is 0.550. The molecule has 1 aliphatic heterocycles. The van der Waals surface area contributed by atoms with Crippen molar-refractivity contribution in [3.63, 3.8) is 0 Å². The third kappa shape index (κ3) is 5.26. The van der Waals surface area contributed by atoms with Crippen molar-refractivity contribution in [2.75, 3.05) is 26.2 Å². The Labute approximate surface area is 193 Å². The molecule has 0 aliphatic carbocycles. The number of benzene rings is 1. The molecule has 1 aliphatic rings. The van der Waals surface area contributed by atoms with E-state index in [1.165, 1.54) is 0 Å². The molecular weight excluding hydrogens is 446 g/mol. The van der Waals surface area contributed by atoms with Gasteiger partial charge in [0.2, 0.25) is 14.8 Å². The number of furan rings is 1. The number of aromatic nitrogens is 3. The molecule has 0 atom stereocenters. The van der Waals surface area contributed by atoms with E-state index >= 15 is 0 Å². The molecule has 0 amide bonds. The molecule has 2 aromatic heterocycles. The number of nitrogens with one attached hydrogen (secondary N) is 1. The molecule has 0 spiro atoms. The van der Waals surface area contributed by atoms with Crippen LogP contribution in [0.4, 0.5) is 0 Å². The van der Waals surface area contributed by atoms with Crippen LogP contribution in [0.3, 0.4) is 0 Å². The Morgan fingerprint density at radius 2 is 1.84 bits per heavy atom. The molecule has 8 nitrogen and oxygen atoms in total. The van der Waals surface area contributed by atoms with E-state index in [2.05, 4.69) is 15.0 Å². The standard InChI is InChI=1S/C22H27N5O3S2/c1-17-4-9-20(10-5-17)32(28,29)26-13-3-12-25(14-15-26)16-27-22(31)23-21(24-27)11-8-19-7-6-18(2)30-19/h4-11H,3,12-16H2,1-2H3,(H,23,24,31). The Morgan fingerprint density at radius 3 is 2.56 bits per heavy atom. The van der Waals surface area contributed by atoms with E-state index in [1.807, 2.05) is 50.3 Å². The monoisotopic (exact) mass is 473 g/mol. The van der Waals surface area contributed by atoms with Crippen LogP contribution in [0.25, 0.3) is 12.2 Å². The number of hydrogen-bond acceptors (Lipinski definition) is 6. The normalized spacial score (nSPS) is 16.6. The topological polar surface area (TPSA) is 87.4 Å². The van der Waals surface area contributed by atoms with Gasteiger partial charge in [0.05, 0.1) is 11.6 Å².